The summed E-state index contributed by atoms with van der Waals surface area (Å²) in [5, 5.41) is 17.9. The van der Waals surface area contributed by atoms with E-state index in [2.05, 4.69) is 0 Å². The van der Waals surface area contributed by atoms with Crippen LogP contribution in [0.4, 0.5) is 0 Å². The van der Waals surface area contributed by atoms with Crippen LogP contribution in [0.25, 0.3) is 0 Å². The first-order valence-electron chi connectivity index (χ1n) is 9.80. The summed E-state index contributed by atoms with van der Waals surface area (Å²) in [6.07, 6.45) is 0.504. The Hall–Kier alpha value is 0.0600. The highest BCUT2D eigenvalue weighted by Gasteiger charge is 2.18. The maximum Gasteiger partial charge on any atom is 0.268 e. The fourth-order valence-corrected chi connectivity index (χ4v) is 3.66. The number of hydrogen-bond acceptors (Lipinski definition) is 10. The van der Waals surface area contributed by atoms with E-state index < -0.39 is 15.6 Å². The van der Waals surface area contributed by atoms with Crippen molar-refractivity contribution in [2.24, 2.45) is 0 Å². The highest BCUT2D eigenvalue weighted by atomic mass is 31.2. The molecule has 30 heavy (non-hydrogen) atoms. The molecule has 0 aliphatic carbocycles. The van der Waals surface area contributed by atoms with Gasteiger partial charge in [0.15, 0.2) is 0 Å². The van der Waals surface area contributed by atoms with Gasteiger partial charge in [-0.1, -0.05) is 0 Å². The number of phosphoric acid groups is 2. The van der Waals surface area contributed by atoms with Crippen LogP contribution in [0.2, 0.25) is 0 Å². The normalized spacial score (nSPS) is 16.9. The molecule has 0 aromatic rings. The van der Waals surface area contributed by atoms with Crippen molar-refractivity contribution in [3.8, 4) is 0 Å². The van der Waals surface area contributed by atoms with Gasteiger partial charge in [0, 0.05) is 0 Å². The van der Waals surface area contributed by atoms with E-state index in [4.69, 9.17) is 28.3 Å². The summed E-state index contributed by atoms with van der Waals surface area (Å²) in [4.78, 5) is 23.4. The number of phosphoric ester groups is 2. The summed E-state index contributed by atoms with van der Waals surface area (Å²) in [6.45, 7) is 1.25. The molecule has 0 bridgehead atoms. The Kier molecular flexibility index (Phi) is 14.3. The number of aliphatic hydroxyl groups is 2. The first-order chi connectivity index (χ1) is 13.7. The zero-order valence-corrected chi connectivity index (χ0v) is 20.2. The Labute approximate surface area is 179 Å². The van der Waals surface area contributed by atoms with Gasteiger partial charge in [-0.2, -0.15) is 0 Å². The van der Waals surface area contributed by atoms with Crippen molar-refractivity contribution in [3.63, 3.8) is 0 Å². The molecule has 0 amide bonds. The molecule has 0 radical (unpaired) electrons. The van der Waals surface area contributed by atoms with E-state index in [1.807, 2.05) is 28.2 Å². The van der Waals surface area contributed by atoms with Crippen molar-refractivity contribution in [1.82, 2.24) is 0 Å². The minimum atomic E-state index is -4.44. The molecule has 0 spiro atoms. The van der Waals surface area contributed by atoms with Crippen LogP contribution in [0.1, 0.15) is 12.8 Å². The van der Waals surface area contributed by atoms with E-state index in [0.717, 1.165) is 0 Å². The van der Waals surface area contributed by atoms with Crippen molar-refractivity contribution >= 4 is 15.6 Å². The van der Waals surface area contributed by atoms with E-state index >= 15 is 0 Å². The molecule has 0 aromatic carbocycles. The van der Waals surface area contributed by atoms with E-state index in [9.17, 15) is 18.9 Å². The number of hydrogen-bond donors (Lipinski definition) is 2. The molecule has 2 unspecified atom stereocenters. The predicted octanol–water partition coefficient (Wildman–Crippen LogP) is -1.09. The van der Waals surface area contributed by atoms with Crippen LogP contribution in [0.15, 0.2) is 0 Å². The number of aliphatic hydroxyl groups excluding tert-OH is 2. The van der Waals surface area contributed by atoms with Crippen LogP contribution in [0, 0.1) is 0 Å². The monoisotopic (exact) mass is 480 g/mol. The van der Waals surface area contributed by atoms with Gasteiger partial charge in [-0.25, -0.2) is 0 Å². The zero-order valence-electron chi connectivity index (χ0n) is 18.4. The van der Waals surface area contributed by atoms with Crippen molar-refractivity contribution in [2.75, 3.05) is 94.0 Å². The third-order valence-electron chi connectivity index (χ3n) is 4.34. The van der Waals surface area contributed by atoms with Crippen LogP contribution < -0.4 is 9.79 Å². The van der Waals surface area contributed by atoms with Gasteiger partial charge in [0.2, 0.25) is 0 Å². The SMILES string of the molecule is C[N+](C)(CCO)CCOP(=O)([O-])OCCCCOP(=O)([O-])OCC[N+](C)(C)CCO. The van der Waals surface area contributed by atoms with Crippen LogP contribution >= 0.6 is 15.6 Å². The van der Waals surface area contributed by atoms with Crippen molar-refractivity contribution < 1.29 is 56.2 Å². The molecule has 0 heterocycles. The van der Waals surface area contributed by atoms with Crippen LogP contribution in [-0.2, 0) is 27.2 Å². The molecular formula is C16H38N2O10P2. The second-order valence-electron chi connectivity index (χ2n) is 8.15. The lowest BCUT2D eigenvalue weighted by molar-refractivity contribution is -0.890. The molecule has 2 N–H and O–H groups in total. The van der Waals surface area contributed by atoms with Crippen molar-refractivity contribution in [3.05, 3.63) is 0 Å². The topological polar surface area (TPSA) is 158 Å². The van der Waals surface area contributed by atoms with Gasteiger partial charge in [0.05, 0.1) is 54.6 Å². The molecule has 182 valence electrons. The summed E-state index contributed by atoms with van der Waals surface area (Å²) >= 11 is 0. The Balaban J connectivity index is 3.93. The van der Waals surface area contributed by atoms with Gasteiger partial charge in [0.25, 0.3) is 15.6 Å². The maximum atomic E-state index is 11.7. The fraction of sp³-hybridized carbons (Fsp3) is 1.00. The lowest BCUT2D eigenvalue weighted by atomic mass is 10.3. The van der Waals surface area contributed by atoms with E-state index in [1.165, 1.54) is 0 Å². The number of likely N-dealkylation sites (N-methyl/N-ethyl adjacent to an activating group) is 2. The first kappa shape index (κ1) is 30.1. The minimum Gasteiger partial charge on any atom is -0.756 e. The quantitative estimate of drug-likeness (QED) is 0.132. The minimum absolute atomic E-state index is 0.0111. The Bertz CT molecular complexity index is 514. The molecule has 0 fully saturated rings. The van der Waals surface area contributed by atoms with Crippen molar-refractivity contribution in [2.45, 2.75) is 12.8 Å². The second kappa shape index (κ2) is 14.3. The zero-order chi connectivity index (χ0) is 23.3. The highest BCUT2D eigenvalue weighted by Crippen LogP contribution is 2.39. The highest BCUT2D eigenvalue weighted by molar-refractivity contribution is 7.46. The van der Waals surface area contributed by atoms with E-state index in [0.29, 0.717) is 35.1 Å². The summed E-state index contributed by atoms with van der Waals surface area (Å²) in [5.74, 6) is 0. The van der Waals surface area contributed by atoms with Crippen LogP contribution in [0.5, 0.6) is 0 Å². The van der Waals surface area contributed by atoms with E-state index in [1.54, 1.807) is 0 Å². The van der Waals surface area contributed by atoms with Crippen molar-refractivity contribution in [1.29, 1.82) is 0 Å². The summed E-state index contributed by atoms with van der Waals surface area (Å²) in [6, 6.07) is 0. The summed E-state index contributed by atoms with van der Waals surface area (Å²) in [5.41, 5.74) is 0. The number of quaternary nitrogens is 2. The molecule has 0 aliphatic rings. The predicted molar refractivity (Wildman–Crippen MR) is 106 cm³/mol. The fourth-order valence-electron chi connectivity index (χ4n) is 2.20. The molecule has 2 atom stereocenters. The Morgan fingerprint density at radius 2 is 0.933 bits per heavy atom. The second-order valence-corrected chi connectivity index (χ2v) is 11.0. The number of rotatable bonds is 19. The average molecular weight is 480 g/mol. The van der Waals surface area contributed by atoms with Gasteiger partial charge in [-0.3, -0.25) is 9.13 Å². The molecule has 0 saturated carbocycles. The molecule has 0 aliphatic heterocycles. The third-order valence-corrected chi connectivity index (χ3v) is 6.34. The first-order valence-corrected chi connectivity index (χ1v) is 12.7. The van der Waals surface area contributed by atoms with Gasteiger partial charge in [-0.05, 0) is 12.8 Å². The number of unbranched alkanes of at least 4 members (excludes halogenated alkanes) is 1. The third kappa shape index (κ3) is 16.7. The average Bonchev–Trinajstić information content (AvgIpc) is 2.56. The standard InChI is InChI=1S/C16H38N2O10P2/c1-17(2,7-11-19)9-15-27-29(21,22)25-13-5-6-14-26-30(23,24)28-16-10-18(3,4)8-12-20/h19-20H,5-16H2,1-4H3. The lowest BCUT2D eigenvalue weighted by Crippen LogP contribution is -2.44. The van der Waals surface area contributed by atoms with Gasteiger partial charge < -0.3 is 47.1 Å². The van der Waals surface area contributed by atoms with Crippen LogP contribution in [0.3, 0.4) is 0 Å². The van der Waals surface area contributed by atoms with Gasteiger partial charge >= 0.3 is 0 Å². The molecule has 12 nitrogen and oxygen atoms in total. The lowest BCUT2D eigenvalue weighted by Gasteiger charge is -2.30. The number of nitrogens with zero attached hydrogens (tertiary/aromatic N) is 2. The molecule has 0 rings (SSSR count). The summed E-state index contributed by atoms with van der Waals surface area (Å²) < 4.78 is 43.2. The summed E-state index contributed by atoms with van der Waals surface area (Å²) in [7, 11) is -1.53. The molecule has 0 saturated heterocycles. The smallest absolute Gasteiger partial charge is 0.268 e. The Morgan fingerprint density at radius 3 is 1.23 bits per heavy atom. The largest absolute Gasteiger partial charge is 0.756 e. The van der Waals surface area contributed by atoms with Gasteiger partial charge in [-0.15, -0.1) is 0 Å². The van der Waals surface area contributed by atoms with Crippen LogP contribution in [-0.4, -0.2) is 113 Å². The maximum absolute atomic E-state index is 11.7. The van der Waals surface area contributed by atoms with E-state index in [-0.39, 0.29) is 52.5 Å². The van der Waals surface area contributed by atoms with Gasteiger partial charge in [0.1, 0.15) is 39.4 Å². The molecule has 14 heteroatoms. The Morgan fingerprint density at radius 1 is 0.633 bits per heavy atom. The molecular weight excluding hydrogens is 442 g/mol. The molecule has 0 aromatic heterocycles.